The van der Waals surface area contributed by atoms with Gasteiger partial charge in [0.2, 0.25) is 5.88 Å². The Hall–Kier alpha value is -1.87. The number of hydrogen-bond donors (Lipinski definition) is 1. The minimum atomic E-state index is 0.635. The third-order valence-electron chi connectivity index (χ3n) is 3.21. The van der Waals surface area contributed by atoms with Crippen LogP contribution >= 0.6 is 0 Å². The second-order valence-electron chi connectivity index (χ2n) is 5.63. The maximum atomic E-state index is 5.79. The SMILES string of the molecule is CCc1cccc(Oc2ccc(CNCC(C)C)cn2)c1. The van der Waals surface area contributed by atoms with Crippen LogP contribution < -0.4 is 10.1 Å². The van der Waals surface area contributed by atoms with Crippen LogP contribution in [0.2, 0.25) is 0 Å². The van der Waals surface area contributed by atoms with Crippen molar-refractivity contribution in [2.75, 3.05) is 6.54 Å². The predicted molar refractivity (Wildman–Crippen MR) is 86.7 cm³/mol. The van der Waals surface area contributed by atoms with Crippen molar-refractivity contribution >= 4 is 0 Å². The summed E-state index contributed by atoms with van der Waals surface area (Å²) in [4.78, 5) is 4.37. The van der Waals surface area contributed by atoms with Gasteiger partial charge in [0.1, 0.15) is 5.75 Å². The first kappa shape index (κ1) is 15.5. The molecule has 2 rings (SSSR count). The maximum absolute atomic E-state index is 5.79. The smallest absolute Gasteiger partial charge is 0.219 e. The van der Waals surface area contributed by atoms with E-state index in [0.29, 0.717) is 11.8 Å². The van der Waals surface area contributed by atoms with Gasteiger partial charge in [0, 0.05) is 18.8 Å². The summed E-state index contributed by atoms with van der Waals surface area (Å²) in [5, 5.41) is 3.40. The molecule has 1 aromatic heterocycles. The van der Waals surface area contributed by atoms with Crippen LogP contribution in [0.5, 0.6) is 11.6 Å². The van der Waals surface area contributed by atoms with Gasteiger partial charge in [-0.1, -0.05) is 39.0 Å². The molecule has 0 saturated carbocycles. The van der Waals surface area contributed by atoms with Crippen molar-refractivity contribution in [2.45, 2.75) is 33.7 Å². The van der Waals surface area contributed by atoms with Crippen LogP contribution in [0, 0.1) is 5.92 Å². The summed E-state index contributed by atoms with van der Waals surface area (Å²) in [6, 6.07) is 12.1. The molecular formula is C18H24N2O. The molecule has 21 heavy (non-hydrogen) atoms. The highest BCUT2D eigenvalue weighted by molar-refractivity contribution is 5.32. The molecule has 1 aromatic carbocycles. The maximum Gasteiger partial charge on any atom is 0.219 e. The molecule has 3 nitrogen and oxygen atoms in total. The molecule has 0 atom stereocenters. The van der Waals surface area contributed by atoms with Crippen LogP contribution in [0.25, 0.3) is 0 Å². The molecule has 0 aliphatic carbocycles. The lowest BCUT2D eigenvalue weighted by molar-refractivity contribution is 0.461. The van der Waals surface area contributed by atoms with Crippen LogP contribution in [0.3, 0.4) is 0 Å². The number of nitrogens with zero attached hydrogens (tertiary/aromatic N) is 1. The first-order valence-corrected chi connectivity index (χ1v) is 7.60. The van der Waals surface area contributed by atoms with Crippen LogP contribution in [0.4, 0.5) is 0 Å². The summed E-state index contributed by atoms with van der Waals surface area (Å²) in [5.41, 5.74) is 2.44. The highest BCUT2D eigenvalue weighted by Crippen LogP contribution is 2.20. The molecule has 0 aliphatic rings. The number of benzene rings is 1. The fourth-order valence-corrected chi connectivity index (χ4v) is 2.03. The van der Waals surface area contributed by atoms with Crippen molar-refractivity contribution in [2.24, 2.45) is 5.92 Å². The standard InChI is InChI=1S/C18H24N2O/c1-4-15-6-5-7-17(10-15)21-18-9-8-16(13-20-18)12-19-11-14(2)3/h5-10,13-14,19H,4,11-12H2,1-3H3. The lowest BCUT2D eigenvalue weighted by atomic mass is 10.2. The first-order valence-electron chi connectivity index (χ1n) is 7.60. The lowest BCUT2D eigenvalue weighted by Crippen LogP contribution is -2.18. The molecule has 0 unspecified atom stereocenters. The van der Waals surface area contributed by atoms with E-state index in [-0.39, 0.29) is 0 Å². The minimum Gasteiger partial charge on any atom is -0.439 e. The van der Waals surface area contributed by atoms with Crippen LogP contribution in [-0.4, -0.2) is 11.5 Å². The quantitative estimate of drug-likeness (QED) is 0.828. The van der Waals surface area contributed by atoms with Crippen molar-refractivity contribution in [1.29, 1.82) is 0 Å². The van der Waals surface area contributed by atoms with Crippen LogP contribution in [-0.2, 0) is 13.0 Å². The van der Waals surface area contributed by atoms with E-state index in [1.807, 2.05) is 24.4 Å². The number of rotatable bonds is 7. The van der Waals surface area contributed by atoms with Gasteiger partial charge in [0.15, 0.2) is 0 Å². The van der Waals surface area contributed by atoms with Crippen molar-refractivity contribution in [3.8, 4) is 11.6 Å². The van der Waals surface area contributed by atoms with Crippen LogP contribution in [0.15, 0.2) is 42.6 Å². The van der Waals surface area contributed by atoms with E-state index in [9.17, 15) is 0 Å². The molecule has 1 heterocycles. The Kier molecular flexibility index (Phi) is 5.76. The van der Waals surface area contributed by atoms with Gasteiger partial charge in [-0.3, -0.25) is 0 Å². The van der Waals surface area contributed by atoms with Gasteiger partial charge in [0.25, 0.3) is 0 Å². The highest BCUT2D eigenvalue weighted by Gasteiger charge is 2.01. The second-order valence-corrected chi connectivity index (χ2v) is 5.63. The van der Waals surface area contributed by atoms with E-state index in [2.05, 4.69) is 49.3 Å². The fourth-order valence-electron chi connectivity index (χ4n) is 2.03. The van der Waals surface area contributed by atoms with Gasteiger partial charge in [0.05, 0.1) is 0 Å². The first-order chi connectivity index (χ1) is 10.2. The molecule has 2 aromatic rings. The van der Waals surface area contributed by atoms with Gasteiger partial charge < -0.3 is 10.1 Å². The minimum absolute atomic E-state index is 0.635. The summed E-state index contributed by atoms with van der Waals surface area (Å²) in [7, 11) is 0. The van der Waals surface area contributed by atoms with E-state index in [4.69, 9.17) is 4.74 Å². The van der Waals surface area contributed by atoms with Gasteiger partial charge in [-0.15, -0.1) is 0 Å². The van der Waals surface area contributed by atoms with Gasteiger partial charge in [-0.05, 0) is 42.1 Å². The summed E-state index contributed by atoms with van der Waals surface area (Å²) < 4.78 is 5.79. The number of aromatic nitrogens is 1. The molecule has 0 spiro atoms. The summed E-state index contributed by atoms with van der Waals surface area (Å²) in [6.45, 7) is 8.40. The Bertz CT molecular complexity index is 549. The molecule has 0 bridgehead atoms. The molecule has 0 radical (unpaired) electrons. The van der Waals surface area contributed by atoms with Crippen molar-refractivity contribution in [3.63, 3.8) is 0 Å². The van der Waals surface area contributed by atoms with Crippen LogP contribution in [0.1, 0.15) is 31.9 Å². The van der Waals surface area contributed by atoms with E-state index in [0.717, 1.165) is 25.3 Å². The van der Waals surface area contributed by atoms with E-state index < -0.39 is 0 Å². The Morgan fingerprint density at radius 3 is 2.67 bits per heavy atom. The van der Waals surface area contributed by atoms with Gasteiger partial charge in [-0.25, -0.2) is 4.98 Å². The summed E-state index contributed by atoms with van der Waals surface area (Å²) in [5.74, 6) is 2.13. The van der Waals surface area contributed by atoms with Crippen molar-refractivity contribution in [1.82, 2.24) is 10.3 Å². The number of pyridine rings is 1. The Balaban J connectivity index is 1.92. The van der Waals surface area contributed by atoms with Gasteiger partial charge >= 0.3 is 0 Å². The zero-order chi connectivity index (χ0) is 15.1. The summed E-state index contributed by atoms with van der Waals surface area (Å²) >= 11 is 0. The monoisotopic (exact) mass is 284 g/mol. The average molecular weight is 284 g/mol. The number of nitrogens with one attached hydrogen (secondary N) is 1. The number of aryl methyl sites for hydroxylation is 1. The van der Waals surface area contributed by atoms with E-state index >= 15 is 0 Å². The van der Waals surface area contributed by atoms with Crippen molar-refractivity contribution < 1.29 is 4.74 Å². The third kappa shape index (κ3) is 5.20. The molecule has 0 amide bonds. The molecule has 112 valence electrons. The van der Waals surface area contributed by atoms with E-state index in [1.165, 1.54) is 11.1 Å². The topological polar surface area (TPSA) is 34.1 Å². The molecule has 3 heteroatoms. The Morgan fingerprint density at radius 1 is 1.14 bits per heavy atom. The normalized spacial score (nSPS) is 10.9. The molecular weight excluding hydrogens is 260 g/mol. The third-order valence-corrected chi connectivity index (χ3v) is 3.21. The second kappa shape index (κ2) is 7.79. The number of ether oxygens (including phenoxy) is 1. The largest absolute Gasteiger partial charge is 0.439 e. The number of hydrogen-bond acceptors (Lipinski definition) is 3. The zero-order valence-corrected chi connectivity index (χ0v) is 13.1. The molecule has 1 N–H and O–H groups in total. The Morgan fingerprint density at radius 2 is 2.00 bits per heavy atom. The Labute approximate surface area is 127 Å². The summed E-state index contributed by atoms with van der Waals surface area (Å²) in [6.07, 6.45) is 2.87. The molecule has 0 aliphatic heterocycles. The van der Waals surface area contributed by atoms with E-state index in [1.54, 1.807) is 0 Å². The lowest BCUT2D eigenvalue weighted by Gasteiger charge is -2.09. The predicted octanol–water partition coefficient (Wildman–Crippen LogP) is 4.18. The average Bonchev–Trinajstić information content (AvgIpc) is 2.49. The van der Waals surface area contributed by atoms with Gasteiger partial charge in [-0.2, -0.15) is 0 Å². The zero-order valence-electron chi connectivity index (χ0n) is 13.1. The fraction of sp³-hybridized carbons (Fsp3) is 0.389. The van der Waals surface area contributed by atoms with Crippen molar-refractivity contribution in [3.05, 3.63) is 53.7 Å². The highest BCUT2D eigenvalue weighted by atomic mass is 16.5. The molecule has 0 saturated heterocycles. The molecule has 0 fully saturated rings.